The molecule has 0 radical (unpaired) electrons. The highest BCUT2D eigenvalue weighted by molar-refractivity contribution is 5.90. The van der Waals surface area contributed by atoms with Gasteiger partial charge in [0.25, 0.3) is 11.8 Å². The highest BCUT2D eigenvalue weighted by Gasteiger charge is 2.33. The van der Waals surface area contributed by atoms with Crippen LogP contribution in [0.3, 0.4) is 0 Å². The van der Waals surface area contributed by atoms with Crippen LogP contribution in [0.4, 0.5) is 4.79 Å². The van der Waals surface area contributed by atoms with Gasteiger partial charge in [-0.05, 0) is 43.6 Å². The molecule has 0 spiro atoms. The molecule has 1 aromatic carbocycles. The van der Waals surface area contributed by atoms with E-state index in [9.17, 15) is 19.2 Å². The monoisotopic (exact) mass is 434 g/mol. The molecule has 1 aliphatic heterocycles. The lowest BCUT2D eigenvalue weighted by molar-refractivity contribution is -0.138. The minimum atomic E-state index is -1.20. The molecule has 10 nitrogen and oxygen atoms in total. The highest BCUT2D eigenvalue weighted by atomic mass is 16.6. The van der Waals surface area contributed by atoms with Crippen LogP contribution in [0.1, 0.15) is 38.2 Å². The van der Waals surface area contributed by atoms with E-state index in [-0.39, 0.29) is 24.7 Å². The van der Waals surface area contributed by atoms with E-state index in [1.807, 2.05) is 37.3 Å². The number of hydrogen-bond donors (Lipinski definition) is 5. The number of benzene rings is 1. The van der Waals surface area contributed by atoms with E-state index >= 15 is 0 Å². The van der Waals surface area contributed by atoms with Crippen LogP contribution in [-0.2, 0) is 25.5 Å². The third kappa shape index (κ3) is 7.89. The Morgan fingerprint density at radius 1 is 1.26 bits per heavy atom. The molecular formula is C21H30N4O6. The van der Waals surface area contributed by atoms with Crippen molar-refractivity contribution in [2.24, 2.45) is 17.6 Å². The Hall–Kier alpha value is -3.14. The maximum Gasteiger partial charge on any atom is 0.405 e. The van der Waals surface area contributed by atoms with Crippen LogP contribution in [0.5, 0.6) is 0 Å². The van der Waals surface area contributed by atoms with Gasteiger partial charge in [0.05, 0.1) is 0 Å². The maximum absolute atomic E-state index is 12.8. The molecule has 1 aromatic rings. The van der Waals surface area contributed by atoms with Gasteiger partial charge >= 0.3 is 6.09 Å². The fourth-order valence-electron chi connectivity index (χ4n) is 3.62. The molecule has 0 bridgehead atoms. The van der Waals surface area contributed by atoms with E-state index in [1.165, 1.54) is 5.48 Å². The molecule has 1 fully saturated rings. The number of hydroxylamine groups is 1. The number of carbonyl (C=O) groups is 4. The Morgan fingerprint density at radius 3 is 2.55 bits per heavy atom. The Balaban J connectivity index is 1.99. The predicted octanol–water partition coefficient (Wildman–Crippen LogP) is 0.626. The van der Waals surface area contributed by atoms with Crippen molar-refractivity contribution in [2.45, 2.75) is 51.2 Å². The third-order valence-corrected chi connectivity index (χ3v) is 5.36. The molecule has 1 heterocycles. The molecule has 6 N–H and O–H groups in total. The van der Waals surface area contributed by atoms with Gasteiger partial charge in [-0.1, -0.05) is 37.3 Å². The quantitative estimate of drug-likeness (QED) is 0.254. The predicted molar refractivity (Wildman–Crippen MR) is 111 cm³/mol. The lowest BCUT2D eigenvalue weighted by Gasteiger charge is -2.24. The summed E-state index contributed by atoms with van der Waals surface area (Å²) in [6.45, 7) is 2.41. The van der Waals surface area contributed by atoms with Gasteiger partial charge in [-0.3, -0.25) is 19.6 Å². The minimum Gasteiger partial charge on any atom is -0.436 e. The van der Waals surface area contributed by atoms with Crippen molar-refractivity contribution in [3.05, 3.63) is 35.9 Å². The second kappa shape index (κ2) is 11.9. The summed E-state index contributed by atoms with van der Waals surface area (Å²) in [5.74, 6) is -2.24. The van der Waals surface area contributed by atoms with Gasteiger partial charge in [-0.25, -0.2) is 10.3 Å². The number of nitrogens with one attached hydrogen (secondary N) is 3. The average Bonchev–Trinajstić information content (AvgIpc) is 3.15. The summed E-state index contributed by atoms with van der Waals surface area (Å²) in [7, 11) is 0. The van der Waals surface area contributed by atoms with Crippen molar-refractivity contribution >= 4 is 23.8 Å². The summed E-state index contributed by atoms with van der Waals surface area (Å²) in [6.07, 6.45) is -0.0292. The summed E-state index contributed by atoms with van der Waals surface area (Å²) in [5.41, 5.74) is 7.78. The van der Waals surface area contributed by atoms with Crippen molar-refractivity contribution in [1.29, 1.82) is 0 Å². The van der Waals surface area contributed by atoms with Crippen molar-refractivity contribution in [2.75, 3.05) is 6.54 Å². The number of nitrogens with two attached hydrogens (primary N) is 1. The van der Waals surface area contributed by atoms with Gasteiger partial charge in [-0.2, -0.15) is 0 Å². The van der Waals surface area contributed by atoms with E-state index in [2.05, 4.69) is 10.6 Å². The van der Waals surface area contributed by atoms with Crippen LogP contribution in [-0.4, -0.2) is 47.7 Å². The summed E-state index contributed by atoms with van der Waals surface area (Å²) in [5, 5.41) is 14.1. The second-order valence-corrected chi connectivity index (χ2v) is 7.84. The molecule has 2 unspecified atom stereocenters. The van der Waals surface area contributed by atoms with E-state index in [1.54, 1.807) is 0 Å². The molecule has 0 aromatic heterocycles. The summed E-state index contributed by atoms with van der Waals surface area (Å²) in [4.78, 5) is 47.9. The SMILES string of the molecule is CC(CCc1ccccc1)C[C@@H](OC(N)=O)C(=O)N[C@H](CC1CCNC1=O)C(=O)NO. The standard InChI is InChI=1S/C21H30N4O6/c1-13(7-8-14-5-3-2-4-6-14)11-17(31-21(22)29)20(28)24-16(19(27)25-30)12-15-9-10-23-18(15)26/h2-6,13,15-17,30H,7-12H2,1H3,(H2,22,29)(H,23,26)(H,24,28)(H,25,27)/t13?,15?,16-,17-/m1/s1. The molecule has 0 saturated carbocycles. The van der Waals surface area contributed by atoms with Gasteiger partial charge in [0.15, 0.2) is 6.10 Å². The zero-order valence-corrected chi connectivity index (χ0v) is 17.5. The first kappa shape index (κ1) is 24.1. The third-order valence-electron chi connectivity index (χ3n) is 5.36. The molecule has 2 rings (SSSR count). The van der Waals surface area contributed by atoms with Crippen molar-refractivity contribution in [3.8, 4) is 0 Å². The molecule has 170 valence electrons. The van der Waals surface area contributed by atoms with Gasteiger partial charge < -0.3 is 21.1 Å². The van der Waals surface area contributed by atoms with Crippen LogP contribution in [0.15, 0.2) is 30.3 Å². The van der Waals surface area contributed by atoms with E-state index in [0.29, 0.717) is 13.0 Å². The van der Waals surface area contributed by atoms with E-state index in [4.69, 9.17) is 15.7 Å². The fourth-order valence-corrected chi connectivity index (χ4v) is 3.62. The van der Waals surface area contributed by atoms with Gasteiger partial charge in [-0.15, -0.1) is 0 Å². The number of ether oxygens (including phenoxy) is 1. The normalized spacial score (nSPS) is 18.4. The molecule has 1 aliphatic rings. The Labute approximate surface area is 180 Å². The number of aryl methyl sites for hydroxylation is 1. The molecule has 4 amide bonds. The van der Waals surface area contributed by atoms with Crippen molar-refractivity contribution < 1.29 is 29.1 Å². The highest BCUT2D eigenvalue weighted by Crippen LogP contribution is 2.19. The maximum atomic E-state index is 12.8. The lowest BCUT2D eigenvalue weighted by atomic mass is 9.94. The fraction of sp³-hybridized carbons (Fsp3) is 0.524. The van der Waals surface area contributed by atoms with Crippen LogP contribution in [0.25, 0.3) is 0 Å². The lowest BCUT2D eigenvalue weighted by Crippen LogP contribution is -2.51. The summed E-state index contributed by atoms with van der Waals surface area (Å²) in [6, 6.07) is 8.68. The number of primary amides is 1. The number of amides is 4. The Bertz CT molecular complexity index is 772. The smallest absolute Gasteiger partial charge is 0.405 e. The van der Waals surface area contributed by atoms with Crippen molar-refractivity contribution in [1.82, 2.24) is 16.1 Å². The number of rotatable bonds is 11. The van der Waals surface area contributed by atoms with Gasteiger partial charge in [0.2, 0.25) is 5.91 Å². The first-order chi connectivity index (χ1) is 14.8. The molecule has 10 heteroatoms. The molecule has 4 atom stereocenters. The first-order valence-electron chi connectivity index (χ1n) is 10.3. The van der Waals surface area contributed by atoms with Crippen LogP contribution in [0.2, 0.25) is 0 Å². The molecule has 0 aliphatic carbocycles. The zero-order chi connectivity index (χ0) is 22.8. The number of hydrogen-bond acceptors (Lipinski definition) is 6. The van der Waals surface area contributed by atoms with Crippen LogP contribution >= 0.6 is 0 Å². The van der Waals surface area contributed by atoms with E-state index in [0.717, 1.165) is 18.4 Å². The van der Waals surface area contributed by atoms with E-state index < -0.39 is 36.0 Å². The Morgan fingerprint density at radius 2 is 1.97 bits per heavy atom. The topological polar surface area (TPSA) is 160 Å². The Kier molecular flexibility index (Phi) is 9.26. The van der Waals surface area contributed by atoms with Gasteiger partial charge in [0, 0.05) is 12.5 Å². The van der Waals surface area contributed by atoms with Crippen molar-refractivity contribution in [3.63, 3.8) is 0 Å². The largest absolute Gasteiger partial charge is 0.436 e. The minimum absolute atomic E-state index is 0.0107. The molecule has 31 heavy (non-hydrogen) atoms. The molecular weight excluding hydrogens is 404 g/mol. The average molecular weight is 434 g/mol. The second-order valence-electron chi connectivity index (χ2n) is 7.84. The van der Waals surface area contributed by atoms with Gasteiger partial charge in [0.1, 0.15) is 6.04 Å². The summed E-state index contributed by atoms with van der Waals surface area (Å²) >= 11 is 0. The van der Waals surface area contributed by atoms with Crippen LogP contribution < -0.4 is 21.8 Å². The summed E-state index contributed by atoms with van der Waals surface area (Å²) < 4.78 is 4.99. The number of carbonyl (C=O) groups excluding carboxylic acids is 4. The first-order valence-corrected chi connectivity index (χ1v) is 10.3. The zero-order valence-electron chi connectivity index (χ0n) is 17.5. The molecule has 1 saturated heterocycles. The van der Waals surface area contributed by atoms with Crippen LogP contribution in [0, 0.1) is 11.8 Å².